The molecular formula is C12H13N3O2. The van der Waals surface area contributed by atoms with Crippen molar-refractivity contribution in [1.82, 2.24) is 9.88 Å². The van der Waals surface area contributed by atoms with Gasteiger partial charge in [0.1, 0.15) is 11.8 Å². The molecule has 1 amide bonds. The Balaban J connectivity index is 2.14. The van der Waals surface area contributed by atoms with E-state index in [4.69, 9.17) is 10.4 Å². The van der Waals surface area contributed by atoms with Gasteiger partial charge >= 0.3 is 0 Å². The van der Waals surface area contributed by atoms with Crippen molar-refractivity contribution < 1.29 is 9.90 Å². The minimum atomic E-state index is -0.175. The zero-order valence-electron chi connectivity index (χ0n) is 9.33. The van der Waals surface area contributed by atoms with Gasteiger partial charge in [-0.05, 0) is 25.0 Å². The number of carbonyl (C=O) groups is 1. The molecule has 1 N–H and O–H groups in total. The minimum Gasteiger partial charge on any atom is -0.395 e. The monoisotopic (exact) mass is 231 g/mol. The fraction of sp³-hybridized carbons (Fsp3) is 0.417. The van der Waals surface area contributed by atoms with Crippen LogP contribution in [0.25, 0.3) is 0 Å². The first kappa shape index (κ1) is 11.6. The van der Waals surface area contributed by atoms with Crippen molar-refractivity contribution in [1.29, 1.82) is 5.26 Å². The van der Waals surface area contributed by atoms with Gasteiger partial charge in [0, 0.05) is 18.8 Å². The number of aliphatic hydroxyl groups is 1. The van der Waals surface area contributed by atoms with Crippen molar-refractivity contribution in [3.8, 4) is 6.07 Å². The molecule has 1 aliphatic rings. The zero-order valence-corrected chi connectivity index (χ0v) is 9.33. The van der Waals surface area contributed by atoms with Crippen molar-refractivity contribution in [2.45, 2.75) is 18.9 Å². The SMILES string of the molecule is N#Cc1ccc(C(=O)N(CCO)C2CC2)nc1. The molecule has 0 radical (unpaired) electrons. The van der Waals surface area contributed by atoms with E-state index in [2.05, 4.69) is 4.98 Å². The van der Waals surface area contributed by atoms with Gasteiger partial charge in [-0.2, -0.15) is 5.26 Å². The van der Waals surface area contributed by atoms with Crippen LogP contribution in [-0.2, 0) is 0 Å². The molecule has 0 aromatic carbocycles. The summed E-state index contributed by atoms with van der Waals surface area (Å²) in [6, 6.07) is 5.32. The Kier molecular flexibility index (Phi) is 3.35. The van der Waals surface area contributed by atoms with Gasteiger partial charge in [0.15, 0.2) is 0 Å². The van der Waals surface area contributed by atoms with Gasteiger partial charge in [0.25, 0.3) is 5.91 Å². The summed E-state index contributed by atoms with van der Waals surface area (Å²) >= 11 is 0. The second kappa shape index (κ2) is 4.93. The predicted molar refractivity (Wildman–Crippen MR) is 60.1 cm³/mol. The van der Waals surface area contributed by atoms with E-state index in [1.54, 1.807) is 17.0 Å². The Morgan fingerprint density at radius 1 is 1.59 bits per heavy atom. The topological polar surface area (TPSA) is 77.2 Å². The van der Waals surface area contributed by atoms with Crippen LogP contribution in [0.1, 0.15) is 28.9 Å². The predicted octanol–water partition coefficient (Wildman–Crippen LogP) is 0.550. The fourth-order valence-electron chi connectivity index (χ4n) is 1.68. The molecule has 0 unspecified atom stereocenters. The molecule has 1 aromatic heterocycles. The number of hydrogen-bond acceptors (Lipinski definition) is 4. The van der Waals surface area contributed by atoms with E-state index in [-0.39, 0.29) is 18.6 Å². The molecule has 17 heavy (non-hydrogen) atoms. The molecular weight excluding hydrogens is 218 g/mol. The van der Waals surface area contributed by atoms with E-state index in [0.29, 0.717) is 17.8 Å². The third-order valence-corrected chi connectivity index (χ3v) is 2.70. The van der Waals surface area contributed by atoms with Gasteiger partial charge in [0.05, 0.1) is 12.2 Å². The van der Waals surface area contributed by atoms with Gasteiger partial charge in [-0.15, -0.1) is 0 Å². The molecule has 5 heteroatoms. The molecule has 2 rings (SSSR count). The maximum atomic E-state index is 12.1. The average molecular weight is 231 g/mol. The molecule has 88 valence electrons. The number of amides is 1. The van der Waals surface area contributed by atoms with Crippen LogP contribution in [-0.4, -0.2) is 40.1 Å². The third kappa shape index (κ3) is 2.60. The number of rotatable bonds is 4. The normalized spacial score (nSPS) is 14.1. The number of aliphatic hydroxyl groups excluding tert-OH is 1. The molecule has 0 atom stereocenters. The molecule has 1 aliphatic carbocycles. The van der Waals surface area contributed by atoms with Gasteiger partial charge in [-0.3, -0.25) is 4.79 Å². The lowest BCUT2D eigenvalue weighted by atomic mass is 10.2. The highest BCUT2D eigenvalue weighted by atomic mass is 16.3. The average Bonchev–Trinajstić information content (AvgIpc) is 3.19. The molecule has 0 spiro atoms. The summed E-state index contributed by atoms with van der Waals surface area (Å²) in [4.78, 5) is 17.7. The molecule has 0 aliphatic heterocycles. The van der Waals surface area contributed by atoms with E-state index < -0.39 is 0 Å². The van der Waals surface area contributed by atoms with Crippen molar-refractivity contribution in [3.05, 3.63) is 29.6 Å². The quantitative estimate of drug-likeness (QED) is 0.820. The van der Waals surface area contributed by atoms with Gasteiger partial charge in [0.2, 0.25) is 0 Å². The second-order valence-electron chi connectivity index (χ2n) is 4.00. The zero-order chi connectivity index (χ0) is 12.3. The number of aromatic nitrogens is 1. The largest absolute Gasteiger partial charge is 0.395 e. The molecule has 1 fully saturated rings. The second-order valence-corrected chi connectivity index (χ2v) is 4.00. The first-order valence-corrected chi connectivity index (χ1v) is 5.54. The van der Waals surface area contributed by atoms with Crippen LogP contribution in [0.4, 0.5) is 0 Å². The lowest BCUT2D eigenvalue weighted by Crippen LogP contribution is -2.35. The third-order valence-electron chi connectivity index (χ3n) is 2.70. The van der Waals surface area contributed by atoms with Gasteiger partial charge < -0.3 is 10.0 Å². The van der Waals surface area contributed by atoms with E-state index in [1.807, 2.05) is 6.07 Å². The first-order valence-electron chi connectivity index (χ1n) is 5.54. The number of pyridine rings is 1. The Bertz CT molecular complexity index is 446. The van der Waals surface area contributed by atoms with Crippen molar-refractivity contribution in [2.24, 2.45) is 0 Å². The highest BCUT2D eigenvalue weighted by Gasteiger charge is 2.32. The number of nitriles is 1. The summed E-state index contributed by atoms with van der Waals surface area (Å²) in [6.45, 7) is 0.295. The molecule has 1 aromatic rings. The van der Waals surface area contributed by atoms with Crippen molar-refractivity contribution in [3.63, 3.8) is 0 Å². The first-order chi connectivity index (χ1) is 8.26. The van der Waals surface area contributed by atoms with Crippen LogP contribution in [0.3, 0.4) is 0 Å². The molecule has 1 saturated carbocycles. The summed E-state index contributed by atoms with van der Waals surface area (Å²) in [7, 11) is 0. The maximum absolute atomic E-state index is 12.1. The lowest BCUT2D eigenvalue weighted by Gasteiger charge is -2.20. The highest BCUT2D eigenvalue weighted by molar-refractivity contribution is 5.92. The summed E-state index contributed by atoms with van der Waals surface area (Å²) in [6.07, 6.45) is 3.36. The van der Waals surface area contributed by atoms with E-state index in [1.165, 1.54) is 6.20 Å². The summed E-state index contributed by atoms with van der Waals surface area (Å²) in [5.74, 6) is -0.175. The van der Waals surface area contributed by atoms with Crippen LogP contribution in [0, 0.1) is 11.3 Å². The smallest absolute Gasteiger partial charge is 0.272 e. The Morgan fingerprint density at radius 3 is 2.82 bits per heavy atom. The Labute approximate surface area is 99.3 Å². The standard InChI is InChI=1S/C12H13N3O2/c13-7-9-1-4-11(14-8-9)12(17)15(5-6-16)10-2-3-10/h1,4,8,10,16H,2-3,5-6H2. The summed E-state index contributed by atoms with van der Waals surface area (Å²) in [5.41, 5.74) is 0.756. The van der Waals surface area contributed by atoms with E-state index in [9.17, 15) is 4.79 Å². The van der Waals surface area contributed by atoms with Crippen LogP contribution in [0.5, 0.6) is 0 Å². The van der Waals surface area contributed by atoms with Crippen LogP contribution in [0.15, 0.2) is 18.3 Å². The van der Waals surface area contributed by atoms with E-state index >= 15 is 0 Å². The number of hydrogen-bond donors (Lipinski definition) is 1. The highest BCUT2D eigenvalue weighted by Crippen LogP contribution is 2.27. The van der Waals surface area contributed by atoms with Crippen LogP contribution < -0.4 is 0 Å². The molecule has 0 saturated heterocycles. The summed E-state index contributed by atoms with van der Waals surface area (Å²) in [5, 5.41) is 17.6. The van der Waals surface area contributed by atoms with E-state index in [0.717, 1.165) is 12.8 Å². The van der Waals surface area contributed by atoms with Crippen LogP contribution >= 0.6 is 0 Å². The Morgan fingerprint density at radius 2 is 2.35 bits per heavy atom. The van der Waals surface area contributed by atoms with Gasteiger partial charge in [-0.25, -0.2) is 4.98 Å². The lowest BCUT2D eigenvalue weighted by molar-refractivity contribution is 0.0701. The van der Waals surface area contributed by atoms with Crippen molar-refractivity contribution in [2.75, 3.05) is 13.2 Å². The Hall–Kier alpha value is -1.93. The maximum Gasteiger partial charge on any atom is 0.272 e. The molecule has 5 nitrogen and oxygen atoms in total. The van der Waals surface area contributed by atoms with Crippen LogP contribution in [0.2, 0.25) is 0 Å². The number of carbonyl (C=O) groups excluding carboxylic acids is 1. The summed E-state index contributed by atoms with van der Waals surface area (Å²) < 4.78 is 0. The molecule has 1 heterocycles. The fourth-order valence-corrected chi connectivity index (χ4v) is 1.68. The number of nitrogens with zero attached hydrogens (tertiary/aromatic N) is 3. The minimum absolute atomic E-state index is 0.0431. The van der Waals surface area contributed by atoms with Crippen molar-refractivity contribution >= 4 is 5.91 Å². The molecule has 0 bridgehead atoms. The van der Waals surface area contributed by atoms with Gasteiger partial charge in [-0.1, -0.05) is 0 Å².